The molecule has 2 aromatic carbocycles. The van der Waals surface area contributed by atoms with Gasteiger partial charge in [0.25, 0.3) is 0 Å². The van der Waals surface area contributed by atoms with Gasteiger partial charge in [-0.2, -0.15) is 4.31 Å². The van der Waals surface area contributed by atoms with Crippen LogP contribution >= 0.6 is 0 Å². The lowest BCUT2D eigenvalue weighted by Gasteiger charge is -2.18. The van der Waals surface area contributed by atoms with Crippen molar-refractivity contribution in [1.82, 2.24) is 4.31 Å². The Morgan fingerprint density at radius 2 is 1.57 bits per heavy atom. The molecule has 2 rings (SSSR count). The van der Waals surface area contributed by atoms with Crippen LogP contribution < -0.4 is 4.74 Å². The molecule has 0 radical (unpaired) electrons. The number of hydrogen-bond acceptors (Lipinski definition) is 3. The Morgan fingerprint density at radius 3 is 2.04 bits per heavy atom. The summed E-state index contributed by atoms with van der Waals surface area (Å²) in [6.07, 6.45) is 0. The van der Waals surface area contributed by atoms with Crippen LogP contribution in [0.5, 0.6) is 5.75 Å². The highest BCUT2D eigenvalue weighted by Gasteiger charge is 2.20. The van der Waals surface area contributed by atoms with Crippen molar-refractivity contribution in [2.24, 2.45) is 0 Å². The number of methoxy groups -OCH3 is 1. The minimum Gasteiger partial charge on any atom is -0.497 e. The molecule has 5 heteroatoms. The fraction of sp³-hybridized carbons (Fsp3) is 0.333. The molecule has 0 bridgehead atoms. The summed E-state index contributed by atoms with van der Waals surface area (Å²) < 4.78 is 31.6. The number of sulfonamides is 1. The molecule has 0 atom stereocenters. The third kappa shape index (κ3) is 4.12. The van der Waals surface area contributed by atoms with Crippen LogP contribution in [0.2, 0.25) is 0 Å². The monoisotopic (exact) mass is 333 g/mol. The zero-order chi connectivity index (χ0) is 17.0. The number of hydrogen-bond donors (Lipinski definition) is 0. The van der Waals surface area contributed by atoms with Crippen molar-refractivity contribution in [1.29, 1.82) is 0 Å². The summed E-state index contributed by atoms with van der Waals surface area (Å²) >= 11 is 0. The number of nitrogens with zero attached hydrogens (tertiary/aromatic N) is 1. The van der Waals surface area contributed by atoms with Gasteiger partial charge in [0, 0.05) is 13.6 Å². The van der Waals surface area contributed by atoms with E-state index in [4.69, 9.17) is 4.74 Å². The van der Waals surface area contributed by atoms with E-state index in [2.05, 4.69) is 13.8 Å². The van der Waals surface area contributed by atoms with Gasteiger partial charge in [0.15, 0.2) is 0 Å². The summed E-state index contributed by atoms with van der Waals surface area (Å²) in [6, 6.07) is 14.5. The van der Waals surface area contributed by atoms with Gasteiger partial charge in [-0.05, 0) is 41.3 Å². The van der Waals surface area contributed by atoms with Crippen molar-refractivity contribution in [3.63, 3.8) is 0 Å². The van der Waals surface area contributed by atoms with Crippen molar-refractivity contribution in [2.75, 3.05) is 14.2 Å². The quantitative estimate of drug-likeness (QED) is 0.811. The lowest BCUT2D eigenvalue weighted by atomic mass is 10.0. The third-order valence-electron chi connectivity index (χ3n) is 3.82. The van der Waals surface area contributed by atoms with Crippen LogP contribution in [0.1, 0.15) is 30.9 Å². The first-order valence-electron chi connectivity index (χ1n) is 7.54. The van der Waals surface area contributed by atoms with E-state index in [1.54, 1.807) is 38.4 Å². The van der Waals surface area contributed by atoms with Crippen LogP contribution in [0.15, 0.2) is 53.4 Å². The highest BCUT2D eigenvalue weighted by Crippen LogP contribution is 2.21. The molecule has 0 aliphatic carbocycles. The van der Waals surface area contributed by atoms with Crippen LogP contribution in [-0.2, 0) is 16.6 Å². The Kier molecular flexibility index (Phi) is 5.44. The summed E-state index contributed by atoms with van der Waals surface area (Å²) in [5, 5.41) is 0. The smallest absolute Gasteiger partial charge is 0.243 e. The Balaban J connectivity index is 2.15. The highest BCUT2D eigenvalue weighted by atomic mass is 32.2. The van der Waals surface area contributed by atoms with E-state index in [0.717, 1.165) is 5.56 Å². The molecule has 0 saturated carbocycles. The van der Waals surface area contributed by atoms with Crippen molar-refractivity contribution >= 4 is 10.0 Å². The first-order valence-corrected chi connectivity index (χ1v) is 8.98. The van der Waals surface area contributed by atoms with Crippen LogP contribution in [0.4, 0.5) is 0 Å². The normalized spacial score (nSPS) is 11.9. The Hall–Kier alpha value is -1.85. The molecule has 0 heterocycles. The molecule has 0 unspecified atom stereocenters. The largest absolute Gasteiger partial charge is 0.497 e. The fourth-order valence-electron chi connectivity index (χ4n) is 2.28. The van der Waals surface area contributed by atoms with Gasteiger partial charge in [-0.3, -0.25) is 0 Å². The minimum atomic E-state index is -3.51. The lowest BCUT2D eigenvalue weighted by molar-refractivity contribution is 0.414. The Morgan fingerprint density at radius 1 is 1.00 bits per heavy atom. The Labute approximate surface area is 138 Å². The van der Waals surface area contributed by atoms with Crippen LogP contribution in [-0.4, -0.2) is 26.9 Å². The average molecular weight is 333 g/mol. The van der Waals surface area contributed by atoms with Gasteiger partial charge in [0.05, 0.1) is 12.0 Å². The van der Waals surface area contributed by atoms with Gasteiger partial charge in [-0.15, -0.1) is 0 Å². The SMILES string of the molecule is COc1ccc(S(=O)(=O)N(C)Cc2ccc(C(C)C)cc2)cc1. The summed E-state index contributed by atoms with van der Waals surface area (Å²) in [5.74, 6) is 1.10. The van der Waals surface area contributed by atoms with Gasteiger partial charge in [0.2, 0.25) is 10.0 Å². The lowest BCUT2D eigenvalue weighted by Crippen LogP contribution is -2.26. The van der Waals surface area contributed by atoms with Gasteiger partial charge in [0.1, 0.15) is 5.75 Å². The van der Waals surface area contributed by atoms with E-state index in [0.29, 0.717) is 18.2 Å². The molecule has 0 aliphatic heterocycles. The summed E-state index contributed by atoms with van der Waals surface area (Å²) in [4.78, 5) is 0.264. The second kappa shape index (κ2) is 7.15. The van der Waals surface area contributed by atoms with Crippen LogP contribution in [0.3, 0.4) is 0 Å². The van der Waals surface area contributed by atoms with E-state index in [1.807, 2.05) is 24.3 Å². The van der Waals surface area contributed by atoms with Crippen molar-refractivity contribution in [2.45, 2.75) is 31.2 Å². The van der Waals surface area contributed by atoms with Crippen molar-refractivity contribution < 1.29 is 13.2 Å². The van der Waals surface area contributed by atoms with Gasteiger partial charge < -0.3 is 4.74 Å². The summed E-state index contributed by atoms with van der Waals surface area (Å²) in [6.45, 7) is 4.61. The van der Waals surface area contributed by atoms with E-state index in [-0.39, 0.29) is 4.90 Å². The molecule has 4 nitrogen and oxygen atoms in total. The topological polar surface area (TPSA) is 46.6 Å². The van der Waals surface area contributed by atoms with Crippen LogP contribution in [0.25, 0.3) is 0 Å². The predicted molar refractivity (Wildman–Crippen MR) is 92.2 cm³/mol. The molecular weight excluding hydrogens is 310 g/mol. The molecule has 2 aromatic rings. The van der Waals surface area contributed by atoms with Gasteiger partial charge in [-0.1, -0.05) is 38.1 Å². The zero-order valence-electron chi connectivity index (χ0n) is 14.0. The molecule has 0 saturated heterocycles. The molecule has 0 fully saturated rings. The van der Waals surface area contributed by atoms with E-state index in [9.17, 15) is 8.42 Å². The maximum atomic E-state index is 12.6. The second-order valence-corrected chi connectivity index (χ2v) is 7.88. The predicted octanol–water partition coefficient (Wildman–Crippen LogP) is 3.64. The fourth-order valence-corrected chi connectivity index (χ4v) is 3.44. The minimum absolute atomic E-state index is 0.264. The number of benzene rings is 2. The molecule has 124 valence electrons. The number of ether oxygens (including phenoxy) is 1. The standard InChI is InChI=1S/C18H23NO3S/c1-14(2)16-7-5-15(6-8-16)13-19(3)23(20,21)18-11-9-17(22-4)10-12-18/h5-12,14H,13H2,1-4H3. The third-order valence-corrected chi connectivity index (χ3v) is 5.64. The zero-order valence-corrected chi connectivity index (χ0v) is 14.8. The summed E-state index contributed by atoms with van der Waals surface area (Å²) in [5.41, 5.74) is 2.21. The van der Waals surface area contributed by atoms with E-state index in [1.165, 1.54) is 9.87 Å². The molecule has 23 heavy (non-hydrogen) atoms. The maximum Gasteiger partial charge on any atom is 0.243 e. The first kappa shape index (κ1) is 17.5. The van der Waals surface area contributed by atoms with Crippen molar-refractivity contribution in [3.8, 4) is 5.75 Å². The molecule has 0 aliphatic rings. The Bertz CT molecular complexity index is 735. The number of rotatable bonds is 6. The van der Waals surface area contributed by atoms with Gasteiger partial charge in [-0.25, -0.2) is 8.42 Å². The molecule has 0 N–H and O–H groups in total. The van der Waals surface area contributed by atoms with E-state index < -0.39 is 10.0 Å². The molecular formula is C18H23NO3S. The summed E-state index contributed by atoms with van der Waals surface area (Å²) in [7, 11) is -0.366. The molecule has 0 amide bonds. The first-order chi connectivity index (χ1) is 10.8. The highest BCUT2D eigenvalue weighted by molar-refractivity contribution is 7.89. The molecule has 0 aromatic heterocycles. The second-order valence-electron chi connectivity index (χ2n) is 5.83. The van der Waals surface area contributed by atoms with E-state index >= 15 is 0 Å². The van der Waals surface area contributed by atoms with Crippen molar-refractivity contribution in [3.05, 3.63) is 59.7 Å². The average Bonchev–Trinajstić information content (AvgIpc) is 2.55. The molecule has 0 spiro atoms. The van der Waals surface area contributed by atoms with Crippen LogP contribution in [0, 0.1) is 0 Å². The maximum absolute atomic E-state index is 12.6. The van der Waals surface area contributed by atoms with Gasteiger partial charge >= 0.3 is 0 Å².